The molecule has 0 aromatic heterocycles. The van der Waals surface area contributed by atoms with Crippen LogP contribution in [0.25, 0.3) is 5.76 Å². The molecule has 0 aliphatic heterocycles. The molecule has 0 amide bonds. The van der Waals surface area contributed by atoms with Crippen molar-refractivity contribution in [2.45, 2.75) is 12.8 Å². The van der Waals surface area contributed by atoms with Gasteiger partial charge in [-0.2, -0.15) is 0 Å². The number of aliphatic hydroxyl groups is 2. The molecule has 1 aliphatic carbocycles. The fraction of sp³-hybridized carbons (Fsp3) is 0.273. The van der Waals surface area contributed by atoms with Gasteiger partial charge < -0.3 is 10.2 Å². The van der Waals surface area contributed by atoms with Crippen molar-refractivity contribution in [3.8, 4) is 0 Å². The van der Waals surface area contributed by atoms with Gasteiger partial charge >= 0.3 is 0 Å². The van der Waals surface area contributed by atoms with E-state index in [1.165, 1.54) is 0 Å². The molecule has 1 aromatic carbocycles. The van der Waals surface area contributed by atoms with E-state index in [1.807, 2.05) is 24.3 Å². The van der Waals surface area contributed by atoms with Gasteiger partial charge in [-0.1, -0.05) is 24.3 Å². The van der Waals surface area contributed by atoms with Crippen LogP contribution in [0.3, 0.4) is 0 Å². The number of hydrogen-bond acceptors (Lipinski definition) is 2. The predicted molar refractivity (Wildman–Crippen MR) is 51.4 cm³/mol. The third kappa shape index (κ3) is 1.33. The Morgan fingerprint density at radius 1 is 1.23 bits per heavy atom. The molecule has 13 heavy (non-hydrogen) atoms. The van der Waals surface area contributed by atoms with Gasteiger partial charge in [0.05, 0.1) is 0 Å². The van der Waals surface area contributed by atoms with Crippen LogP contribution in [0.15, 0.2) is 29.8 Å². The number of benzene rings is 1. The lowest BCUT2D eigenvalue weighted by molar-refractivity contribution is 0.297. The van der Waals surface area contributed by atoms with E-state index in [2.05, 4.69) is 0 Å². The summed E-state index contributed by atoms with van der Waals surface area (Å²) < 4.78 is 0. The first-order chi connectivity index (χ1) is 6.33. The summed E-state index contributed by atoms with van der Waals surface area (Å²) in [5, 5.41) is 18.5. The van der Waals surface area contributed by atoms with Crippen molar-refractivity contribution >= 4 is 5.76 Å². The average Bonchev–Trinajstić information content (AvgIpc) is 2.46. The summed E-state index contributed by atoms with van der Waals surface area (Å²) >= 11 is 0. The van der Waals surface area contributed by atoms with Gasteiger partial charge in [0.15, 0.2) is 0 Å². The largest absolute Gasteiger partial charge is 0.507 e. The quantitative estimate of drug-likeness (QED) is 0.722. The normalized spacial score (nSPS) is 14.8. The Bertz CT molecular complexity index is 353. The molecule has 0 atom stereocenters. The molecule has 2 N–H and O–H groups in total. The van der Waals surface area contributed by atoms with E-state index in [4.69, 9.17) is 5.11 Å². The summed E-state index contributed by atoms with van der Waals surface area (Å²) in [6.07, 6.45) is 1.35. The lowest BCUT2D eigenvalue weighted by Gasteiger charge is -1.98. The summed E-state index contributed by atoms with van der Waals surface area (Å²) in [5.41, 5.74) is 3.03. The highest BCUT2D eigenvalue weighted by Crippen LogP contribution is 2.31. The smallest absolute Gasteiger partial charge is 0.122 e. The van der Waals surface area contributed by atoms with Crippen molar-refractivity contribution in [2.24, 2.45) is 0 Å². The minimum atomic E-state index is 0.105. The molecule has 2 rings (SSSR count). The van der Waals surface area contributed by atoms with Crippen LogP contribution in [0.1, 0.15) is 17.5 Å². The summed E-state index contributed by atoms with van der Waals surface area (Å²) in [6.45, 7) is 0.105. The minimum Gasteiger partial charge on any atom is -0.507 e. The molecule has 0 fully saturated rings. The molecule has 68 valence electrons. The summed E-state index contributed by atoms with van der Waals surface area (Å²) in [4.78, 5) is 0. The Kier molecular flexibility index (Phi) is 2.07. The summed E-state index contributed by atoms with van der Waals surface area (Å²) in [7, 11) is 0. The Morgan fingerprint density at radius 2 is 2.00 bits per heavy atom. The molecule has 0 saturated carbocycles. The molecule has 2 nitrogen and oxygen atoms in total. The molecule has 0 saturated heterocycles. The topological polar surface area (TPSA) is 40.5 Å². The summed E-state index contributed by atoms with van der Waals surface area (Å²) in [5.74, 6) is 0.365. The number of fused-ring (bicyclic) bond motifs is 1. The van der Waals surface area contributed by atoms with Crippen LogP contribution in [0, 0.1) is 0 Å². The monoisotopic (exact) mass is 176 g/mol. The van der Waals surface area contributed by atoms with Gasteiger partial charge in [0.1, 0.15) is 5.76 Å². The first-order valence-electron chi connectivity index (χ1n) is 4.43. The highest BCUT2D eigenvalue weighted by molar-refractivity contribution is 5.70. The molecule has 1 aliphatic rings. The highest BCUT2D eigenvalue weighted by atomic mass is 16.3. The van der Waals surface area contributed by atoms with Crippen LogP contribution < -0.4 is 0 Å². The molecular weight excluding hydrogens is 164 g/mol. The number of rotatable bonds is 2. The maximum Gasteiger partial charge on any atom is 0.122 e. The van der Waals surface area contributed by atoms with E-state index in [-0.39, 0.29) is 6.61 Å². The van der Waals surface area contributed by atoms with Crippen LogP contribution in [0.2, 0.25) is 0 Å². The van der Waals surface area contributed by atoms with Crippen LogP contribution in [0.4, 0.5) is 0 Å². The van der Waals surface area contributed by atoms with Gasteiger partial charge in [0, 0.05) is 12.2 Å². The Morgan fingerprint density at radius 3 is 2.69 bits per heavy atom. The fourth-order valence-electron chi connectivity index (χ4n) is 1.75. The molecular formula is C11H12O2. The SMILES string of the molecule is OCCC1=C(O)c2ccccc2C1. The van der Waals surface area contributed by atoms with Gasteiger partial charge in [-0.05, 0) is 24.0 Å². The molecule has 0 spiro atoms. The van der Waals surface area contributed by atoms with Gasteiger partial charge in [-0.15, -0.1) is 0 Å². The average molecular weight is 176 g/mol. The van der Waals surface area contributed by atoms with Crippen molar-refractivity contribution in [3.63, 3.8) is 0 Å². The van der Waals surface area contributed by atoms with Crippen LogP contribution >= 0.6 is 0 Å². The Hall–Kier alpha value is -1.28. The third-order valence-corrected chi connectivity index (χ3v) is 2.42. The first-order valence-corrected chi connectivity index (χ1v) is 4.43. The zero-order valence-corrected chi connectivity index (χ0v) is 7.33. The van der Waals surface area contributed by atoms with Gasteiger partial charge in [0.2, 0.25) is 0 Å². The first kappa shape index (κ1) is 8.32. The van der Waals surface area contributed by atoms with E-state index < -0.39 is 0 Å². The zero-order chi connectivity index (χ0) is 9.26. The predicted octanol–water partition coefficient (Wildman–Crippen LogP) is 1.89. The molecule has 0 unspecified atom stereocenters. The van der Waals surface area contributed by atoms with E-state index in [1.54, 1.807) is 0 Å². The lowest BCUT2D eigenvalue weighted by atomic mass is 10.1. The molecule has 2 heteroatoms. The Labute approximate surface area is 77.1 Å². The molecule has 0 bridgehead atoms. The third-order valence-electron chi connectivity index (χ3n) is 2.42. The zero-order valence-electron chi connectivity index (χ0n) is 7.33. The van der Waals surface area contributed by atoms with Crippen molar-refractivity contribution in [1.82, 2.24) is 0 Å². The lowest BCUT2D eigenvalue weighted by Crippen LogP contribution is -1.89. The number of hydrogen-bond donors (Lipinski definition) is 2. The molecule has 1 aromatic rings. The number of aliphatic hydroxyl groups excluding tert-OH is 2. The van der Waals surface area contributed by atoms with E-state index in [0.717, 1.165) is 23.1 Å². The van der Waals surface area contributed by atoms with Crippen LogP contribution in [-0.2, 0) is 6.42 Å². The van der Waals surface area contributed by atoms with E-state index in [0.29, 0.717) is 12.2 Å². The minimum absolute atomic E-state index is 0.105. The summed E-state index contributed by atoms with van der Waals surface area (Å²) in [6, 6.07) is 7.80. The van der Waals surface area contributed by atoms with Crippen LogP contribution in [0.5, 0.6) is 0 Å². The van der Waals surface area contributed by atoms with Crippen molar-refractivity contribution in [1.29, 1.82) is 0 Å². The van der Waals surface area contributed by atoms with Gasteiger partial charge in [-0.25, -0.2) is 0 Å². The Balaban J connectivity index is 2.36. The standard InChI is InChI=1S/C11H12O2/c12-6-5-9-7-8-3-1-2-4-10(8)11(9)13/h1-4,12-13H,5-7H2. The second kappa shape index (κ2) is 3.23. The van der Waals surface area contributed by atoms with Crippen LogP contribution in [-0.4, -0.2) is 16.8 Å². The van der Waals surface area contributed by atoms with Gasteiger partial charge in [-0.3, -0.25) is 0 Å². The fourth-order valence-corrected chi connectivity index (χ4v) is 1.75. The van der Waals surface area contributed by atoms with Gasteiger partial charge in [0.25, 0.3) is 0 Å². The second-order valence-corrected chi connectivity index (χ2v) is 3.26. The van der Waals surface area contributed by atoms with E-state index >= 15 is 0 Å². The maximum atomic E-state index is 9.74. The molecule has 0 heterocycles. The van der Waals surface area contributed by atoms with E-state index in [9.17, 15) is 5.11 Å². The second-order valence-electron chi connectivity index (χ2n) is 3.26. The van der Waals surface area contributed by atoms with Crippen molar-refractivity contribution in [3.05, 3.63) is 41.0 Å². The van der Waals surface area contributed by atoms with Crippen molar-refractivity contribution < 1.29 is 10.2 Å². The maximum absolute atomic E-state index is 9.74. The highest BCUT2D eigenvalue weighted by Gasteiger charge is 2.19. The molecule has 0 radical (unpaired) electrons. The van der Waals surface area contributed by atoms with Crippen molar-refractivity contribution in [2.75, 3.05) is 6.61 Å².